The van der Waals surface area contributed by atoms with E-state index in [-0.39, 0.29) is 22.9 Å². The van der Waals surface area contributed by atoms with Crippen molar-refractivity contribution in [1.82, 2.24) is 19.6 Å². The number of nitrogens with zero attached hydrogens (tertiary/aromatic N) is 4. The summed E-state index contributed by atoms with van der Waals surface area (Å²) in [5, 5.41) is 10.9. The Morgan fingerprint density at radius 3 is 2.10 bits per heavy atom. The van der Waals surface area contributed by atoms with E-state index in [0.29, 0.717) is 22.9 Å². The molecule has 0 aliphatic rings. The second-order valence-electron chi connectivity index (χ2n) is 8.77. The molecule has 204 valence electrons. The molecule has 0 fully saturated rings. The summed E-state index contributed by atoms with van der Waals surface area (Å²) in [6.45, 7) is 1.67. The SMILES string of the molecule is C[C@@H](COC(=O)c1ccn(C)n1)Oc1cc(NC(=O)c2ccn(C)n2)cc(Oc2ccc(S(C)(=O)=O)cc2)c1. The Bertz CT molecular complexity index is 1590. The van der Waals surface area contributed by atoms with E-state index in [1.54, 1.807) is 63.7 Å². The van der Waals surface area contributed by atoms with Crippen LogP contribution in [0, 0.1) is 0 Å². The van der Waals surface area contributed by atoms with E-state index in [0.717, 1.165) is 6.26 Å². The number of hydrogen-bond donors (Lipinski definition) is 1. The molecule has 0 aliphatic carbocycles. The Balaban J connectivity index is 1.51. The fourth-order valence-electron chi connectivity index (χ4n) is 3.45. The van der Waals surface area contributed by atoms with Gasteiger partial charge < -0.3 is 19.5 Å². The van der Waals surface area contributed by atoms with Crippen molar-refractivity contribution in [2.24, 2.45) is 14.1 Å². The lowest BCUT2D eigenvalue weighted by molar-refractivity contribution is 0.0333. The first-order valence-electron chi connectivity index (χ1n) is 11.7. The van der Waals surface area contributed by atoms with Gasteiger partial charge in [0.25, 0.3) is 5.91 Å². The average molecular weight is 554 g/mol. The number of aromatic nitrogens is 4. The van der Waals surface area contributed by atoms with E-state index in [4.69, 9.17) is 14.2 Å². The summed E-state index contributed by atoms with van der Waals surface area (Å²) < 4.78 is 43.7. The molecule has 2 aromatic heterocycles. The lowest BCUT2D eigenvalue weighted by Crippen LogP contribution is -2.22. The van der Waals surface area contributed by atoms with Crippen molar-refractivity contribution in [1.29, 1.82) is 0 Å². The molecule has 0 unspecified atom stereocenters. The zero-order valence-electron chi connectivity index (χ0n) is 21.7. The third kappa shape index (κ3) is 7.45. The summed E-state index contributed by atoms with van der Waals surface area (Å²) in [4.78, 5) is 25.0. The second kappa shape index (κ2) is 11.4. The number of nitrogens with one attached hydrogen (secondary N) is 1. The number of sulfone groups is 1. The Kier molecular flexibility index (Phi) is 8.00. The number of carbonyl (C=O) groups excluding carboxylic acids is 2. The summed E-state index contributed by atoms with van der Waals surface area (Å²) in [6.07, 6.45) is 3.85. The molecule has 1 amide bonds. The van der Waals surface area contributed by atoms with Crippen LogP contribution >= 0.6 is 0 Å². The van der Waals surface area contributed by atoms with E-state index >= 15 is 0 Å². The largest absolute Gasteiger partial charge is 0.487 e. The van der Waals surface area contributed by atoms with Gasteiger partial charge in [-0.2, -0.15) is 10.2 Å². The van der Waals surface area contributed by atoms with Crippen LogP contribution in [0.2, 0.25) is 0 Å². The summed E-state index contributed by atoms with van der Waals surface area (Å²) in [7, 11) is 0.0416. The highest BCUT2D eigenvalue weighted by Gasteiger charge is 2.16. The van der Waals surface area contributed by atoms with E-state index in [1.165, 1.54) is 33.6 Å². The molecule has 0 saturated heterocycles. The van der Waals surface area contributed by atoms with Gasteiger partial charge in [0.15, 0.2) is 21.2 Å². The maximum Gasteiger partial charge on any atom is 0.358 e. The second-order valence-corrected chi connectivity index (χ2v) is 10.8. The van der Waals surface area contributed by atoms with E-state index in [9.17, 15) is 18.0 Å². The van der Waals surface area contributed by atoms with Gasteiger partial charge in [-0.15, -0.1) is 0 Å². The molecular weight excluding hydrogens is 526 g/mol. The Morgan fingerprint density at radius 2 is 1.51 bits per heavy atom. The van der Waals surface area contributed by atoms with E-state index in [2.05, 4.69) is 15.5 Å². The molecule has 1 N–H and O–H groups in total. The number of benzene rings is 2. The van der Waals surface area contributed by atoms with Crippen LogP contribution in [-0.2, 0) is 28.7 Å². The molecular formula is C26H27N5O7S. The minimum atomic E-state index is -3.36. The third-order valence-electron chi connectivity index (χ3n) is 5.28. The molecule has 39 heavy (non-hydrogen) atoms. The third-order valence-corrected chi connectivity index (χ3v) is 6.41. The van der Waals surface area contributed by atoms with Crippen molar-refractivity contribution in [2.75, 3.05) is 18.2 Å². The monoisotopic (exact) mass is 553 g/mol. The number of ether oxygens (including phenoxy) is 3. The first kappa shape index (κ1) is 27.4. The lowest BCUT2D eigenvalue weighted by atomic mass is 10.2. The standard InChI is InChI=1S/C26H27N5O7S/c1-17(16-36-26(33)24-10-12-31(3)29-24)37-20-13-18(27-25(32)23-9-11-30(2)28-23)14-21(15-20)38-19-5-7-22(8-6-19)39(4,34)35/h5-15,17H,16H2,1-4H3,(H,27,32)/t17-/m0/s1. The average Bonchev–Trinajstić information content (AvgIpc) is 3.50. The van der Waals surface area contributed by atoms with Gasteiger partial charge in [0.05, 0.1) is 4.90 Å². The number of amides is 1. The molecule has 2 heterocycles. The Hall–Kier alpha value is -4.65. The van der Waals surface area contributed by atoms with Crippen LogP contribution in [0.15, 0.2) is 71.9 Å². The van der Waals surface area contributed by atoms with Gasteiger partial charge in [-0.05, 0) is 43.3 Å². The molecule has 13 heteroatoms. The van der Waals surface area contributed by atoms with E-state index in [1.807, 2.05) is 0 Å². The predicted molar refractivity (Wildman–Crippen MR) is 141 cm³/mol. The topological polar surface area (TPSA) is 144 Å². The quantitative estimate of drug-likeness (QED) is 0.293. The van der Waals surface area contributed by atoms with Gasteiger partial charge in [-0.1, -0.05) is 0 Å². The highest BCUT2D eigenvalue weighted by atomic mass is 32.2. The molecule has 0 bridgehead atoms. The number of carbonyl (C=O) groups is 2. The van der Waals surface area contributed by atoms with Gasteiger partial charge in [0.1, 0.15) is 30.0 Å². The van der Waals surface area contributed by atoms with E-state index < -0.39 is 27.8 Å². The normalized spacial score (nSPS) is 12.0. The molecule has 0 saturated carbocycles. The molecule has 12 nitrogen and oxygen atoms in total. The van der Waals surface area contributed by atoms with Crippen LogP contribution in [0.5, 0.6) is 17.2 Å². The highest BCUT2D eigenvalue weighted by Crippen LogP contribution is 2.31. The molecule has 0 spiro atoms. The van der Waals surface area contributed by atoms with Crippen molar-refractivity contribution >= 4 is 27.4 Å². The van der Waals surface area contributed by atoms with Crippen LogP contribution in [0.1, 0.15) is 27.9 Å². The molecule has 2 aromatic carbocycles. The maximum atomic E-state index is 12.7. The first-order valence-corrected chi connectivity index (χ1v) is 13.6. The smallest absolute Gasteiger partial charge is 0.358 e. The zero-order valence-corrected chi connectivity index (χ0v) is 22.5. The van der Waals surface area contributed by atoms with Crippen molar-refractivity contribution < 1.29 is 32.2 Å². The maximum absolute atomic E-state index is 12.7. The summed E-state index contributed by atoms with van der Waals surface area (Å²) in [5.74, 6) is 0.00277. The van der Waals surface area contributed by atoms with Crippen LogP contribution in [0.25, 0.3) is 0 Å². The van der Waals surface area contributed by atoms with Crippen LogP contribution in [0.3, 0.4) is 0 Å². The van der Waals surface area contributed by atoms with Crippen LogP contribution < -0.4 is 14.8 Å². The molecule has 4 aromatic rings. The van der Waals surface area contributed by atoms with Gasteiger partial charge in [-0.25, -0.2) is 13.2 Å². The Morgan fingerprint density at radius 1 is 0.897 bits per heavy atom. The number of rotatable bonds is 10. The zero-order chi connectivity index (χ0) is 28.2. The van der Waals surface area contributed by atoms with Gasteiger partial charge >= 0.3 is 5.97 Å². The number of esters is 1. The molecule has 0 radical (unpaired) electrons. The fraction of sp³-hybridized carbons (Fsp3) is 0.231. The summed E-state index contributed by atoms with van der Waals surface area (Å²) in [5.41, 5.74) is 0.766. The lowest BCUT2D eigenvalue weighted by Gasteiger charge is -2.17. The number of anilines is 1. The van der Waals surface area contributed by atoms with Crippen molar-refractivity contribution in [3.63, 3.8) is 0 Å². The number of hydrogen-bond acceptors (Lipinski definition) is 9. The van der Waals surface area contributed by atoms with Crippen molar-refractivity contribution in [3.8, 4) is 17.2 Å². The number of aryl methyl sites for hydroxylation is 2. The minimum Gasteiger partial charge on any atom is -0.487 e. The predicted octanol–water partition coefficient (Wildman–Crippen LogP) is 3.23. The molecule has 0 aliphatic heterocycles. The van der Waals surface area contributed by atoms with Gasteiger partial charge in [0.2, 0.25) is 0 Å². The summed E-state index contributed by atoms with van der Waals surface area (Å²) in [6, 6.07) is 13.8. The first-order chi connectivity index (χ1) is 18.5. The molecule has 1 atom stereocenters. The van der Waals surface area contributed by atoms with Gasteiger partial charge in [0, 0.05) is 56.6 Å². The molecule has 4 rings (SSSR count). The van der Waals surface area contributed by atoms with Crippen LogP contribution in [-0.4, -0.2) is 58.8 Å². The van der Waals surface area contributed by atoms with Crippen molar-refractivity contribution in [3.05, 3.63) is 78.4 Å². The fourth-order valence-corrected chi connectivity index (χ4v) is 4.08. The van der Waals surface area contributed by atoms with Gasteiger partial charge in [-0.3, -0.25) is 14.2 Å². The van der Waals surface area contributed by atoms with Crippen molar-refractivity contribution in [2.45, 2.75) is 17.9 Å². The Labute approximate surface area is 225 Å². The summed E-state index contributed by atoms with van der Waals surface area (Å²) >= 11 is 0. The minimum absolute atomic E-state index is 0.0525. The highest BCUT2D eigenvalue weighted by molar-refractivity contribution is 7.90. The van der Waals surface area contributed by atoms with Crippen LogP contribution in [0.4, 0.5) is 5.69 Å².